The van der Waals surface area contributed by atoms with E-state index in [1.807, 2.05) is 0 Å². The van der Waals surface area contributed by atoms with Crippen LogP contribution in [-0.4, -0.2) is 50.7 Å². The summed E-state index contributed by atoms with van der Waals surface area (Å²) in [6.45, 7) is 2.87. The Morgan fingerprint density at radius 1 is 1.42 bits per heavy atom. The molecule has 1 atom stereocenters. The number of hydrogen-bond acceptors (Lipinski definition) is 5. The molecule has 2 aromatic rings. The number of piperidine rings is 1. The molecule has 0 N–H and O–H groups in total. The van der Waals surface area contributed by atoms with Crippen molar-refractivity contribution >= 4 is 17.4 Å². The van der Waals surface area contributed by atoms with Crippen molar-refractivity contribution in [3.8, 4) is 0 Å². The van der Waals surface area contributed by atoms with Crippen LogP contribution in [0.4, 0.5) is 0 Å². The second-order valence-corrected chi connectivity index (χ2v) is 5.82. The van der Waals surface area contributed by atoms with Gasteiger partial charge in [0.15, 0.2) is 0 Å². The monoisotopic (exact) mass is 332 g/mol. The lowest BCUT2D eigenvalue weighted by atomic mass is 9.98. The number of hydrogen-bond donors (Lipinski definition) is 0. The van der Waals surface area contributed by atoms with Crippen LogP contribution >= 0.6 is 0 Å². The molecule has 0 spiro atoms. The molecule has 2 aromatic heterocycles. The van der Waals surface area contributed by atoms with E-state index >= 15 is 0 Å². The van der Waals surface area contributed by atoms with Crippen molar-refractivity contribution in [2.75, 3.05) is 19.7 Å². The molecule has 1 fully saturated rings. The highest BCUT2D eigenvalue weighted by Crippen LogP contribution is 2.18. The van der Waals surface area contributed by atoms with Gasteiger partial charge in [0, 0.05) is 19.3 Å². The van der Waals surface area contributed by atoms with Crippen LogP contribution in [-0.2, 0) is 20.9 Å². The van der Waals surface area contributed by atoms with E-state index in [1.165, 1.54) is 4.40 Å². The summed E-state index contributed by atoms with van der Waals surface area (Å²) >= 11 is 0. The summed E-state index contributed by atoms with van der Waals surface area (Å²) in [5.41, 5.74) is 0.328. The molecule has 0 radical (unpaired) electrons. The van der Waals surface area contributed by atoms with Crippen LogP contribution in [0.25, 0.3) is 5.52 Å². The fraction of sp³-hybridized carbons (Fsp3) is 0.500. The third kappa shape index (κ3) is 3.17. The largest absolute Gasteiger partial charge is 0.466 e. The maximum Gasteiger partial charge on any atom is 0.349 e. The summed E-state index contributed by atoms with van der Waals surface area (Å²) in [6, 6.07) is 3.52. The third-order valence-electron chi connectivity index (χ3n) is 4.22. The van der Waals surface area contributed by atoms with Crippen LogP contribution in [0.5, 0.6) is 0 Å². The summed E-state index contributed by atoms with van der Waals surface area (Å²) in [5.74, 6) is -0.775. The Morgan fingerprint density at radius 2 is 2.25 bits per heavy atom. The fourth-order valence-corrected chi connectivity index (χ4v) is 2.97. The Kier molecular flexibility index (Phi) is 4.64. The lowest BCUT2D eigenvalue weighted by Crippen LogP contribution is -2.45. The zero-order valence-electron chi connectivity index (χ0n) is 13.6. The number of likely N-dealkylation sites (tertiary alicyclic amines) is 1. The van der Waals surface area contributed by atoms with Gasteiger partial charge in [-0.3, -0.25) is 14.0 Å². The first kappa shape index (κ1) is 16.2. The van der Waals surface area contributed by atoms with Gasteiger partial charge in [-0.1, -0.05) is 0 Å². The molecule has 0 aromatic carbocycles. The number of nitrogens with zero attached hydrogens (tertiary/aromatic N) is 4. The van der Waals surface area contributed by atoms with Crippen molar-refractivity contribution in [3.63, 3.8) is 0 Å². The maximum atomic E-state index is 12.5. The van der Waals surface area contributed by atoms with E-state index in [0.29, 0.717) is 25.2 Å². The first-order chi connectivity index (χ1) is 11.6. The van der Waals surface area contributed by atoms with Crippen LogP contribution in [0.1, 0.15) is 19.8 Å². The van der Waals surface area contributed by atoms with E-state index in [1.54, 1.807) is 36.4 Å². The fourth-order valence-electron chi connectivity index (χ4n) is 2.97. The van der Waals surface area contributed by atoms with Crippen molar-refractivity contribution in [3.05, 3.63) is 35.0 Å². The molecule has 1 unspecified atom stereocenters. The second kappa shape index (κ2) is 6.86. The minimum atomic E-state index is -0.357. The Balaban J connectivity index is 1.70. The van der Waals surface area contributed by atoms with E-state index in [-0.39, 0.29) is 30.0 Å². The van der Waals surface area contributed by atoms with E-state index in [2.05, 4.69) is 5.10 Å². The highest BCUT2D eigenvalue weighted by molar-refractivity contribution is 5.78. The molecule has 8 nitrogen and oxygen atoms in total. The van der Waals surface area contributed by atoms with Crippen molar-refractivity contribution in [2.45, 2.75) is 26.3 Å². The number of amides is 1. The summed E-state index contributed by atoms with van der Waals surface area (Å²) in [5, 5.41) is 4.04. The average Bonchev–Trinajstić information content (AvgIpc) is 3.07. The Morgan fingerprint density at radius 3 is 3.04 bits per heavy atom. The van der Waals surface area contributed by atoms with Crippen LogP contribution in [0.3, 0.4) is 0 Å². The summed E-state index contributed by atoms with van der Waals surface area (Å²) in [7, 11) is 0. The predicted octanol–water partition coefficient (Wildman–Crippen LogP) is 0.298. The van der Waals surface area contributed by atoms with Gasteiger partial charge in [-0.05, 0) is 31.9 Å². The summed E-state index contributed by atoms with van der Waals surface area (Å²) in [4.78, 5) is 38.2. The SMILES string of the molecule is CCOC(=O)C1CCCN(C(=O)Cn2ncc3cccn3c2=O)C1. The van der Waals surface area contributed by atoms with E-state index < -0.39 is 0 Å². The lowest BCUT2D eigenvalue weighted by molar-refractivity contribution is -0.151. The second-order valence-electron chi connectivity index (χ2n) is 5.82. The Labute approximate surface area is 138 Å². The zero-order chi connectivity index (χ0) is 17.1. The highest BCUT2D eigenvalue weighted by Gasteiger charge is 2.29. The molecule has 1 aliphatic rings. The molecule has 1 amide bonds. The van der Waals surface area contributed by atoms with Crippen molar-refractivity contribution in [2.24, 2.45) is 5.92 Å². The molecule has 3 rings (SSSR count). The van der Waals surface area contributed by atoms with Crippen LogP contribution in [0.2, 0.25) is 0 Å². The average molecular weight is 332 g/mol. The maximum absolute atomic E-state index is 12.5. The van der Waals surface area contributed by atoms with Crippen LogP contribution in [0, 0.1) is 5.92 Å². The molecule has 24 heavy (non-hydrogen) atoms. The molecule has 0 bridgehead atoms. The van der Waals surface area contributed by atoms with Gasteiger partial charge in [-0.15, -0.1) is 0 Å². The van der Waals surface area contributed by atoms with Gasteiger partial charge in [-0.2, -0.15) is 5.10 Å². The zero-order valence-corrected chi connectivity index (χ0v) is 13.6. The quantitative estimate of drug-likeness (QED) is 0.752. The molecular weight excluding hydrogens is 312 g/mol. The van der Waals surface area contributed by atoms with Gasteiger partial charge >= 0.3 is 11.7 Å². The van der Waals surface area contributed by atoms with Crippen molar-refractivity contribution in [1.82, 2.24) is 19.1 Å². The normalized spacial score (nSPS) is 17.9. The summed E-state index contributed by atoms with van der Waals surface area (Å²) in [6.07, 6.45) is 4.65. The minimum Gasteiger partial charge on any atom is -0.466 e. The van der Waals surface area contributed by atoms with Crippen molar-refractivity contribution < 1.29 is 14.3 Å². The topological polar surface area (TPSA) is 85.9 Å². The molecule has 8 heteroatoms. The number of fused-ring (bicyclic) bond motifs is 1. The van der Waals surface area contributed by atoms with E-state index in [0.717, 1.165) is 17.5 Å². The lowest BCUT2D eigenvalue weighted by Gasteiger charge is -2.31. The van der Waals surface area contributed by atoms with Crippen LogP contribution in [0.15, 0.2) is 29.3 Å². The Hall–Kier alpha value is -2.64. The number of ether oxygens (including phenoxy) is 1. The molecule has 0 saturated carbocycles. The van der Waals surface area contributed by atoms with Gasteiger partial charge in [0.1, 0.15) is 6.54 Å². The van der Waals surface area contributed by atoms with Gasteiger partial charge in [0.25, 0.3) is 0 Å². The predicted molar refractivity (Wildman–Crippen MR) is 85.4 cm³/mol. The number of rotatable bonds is 4. The number of esters is 1. The van der Waals surface area contributed by atoms with Gasteiger partial charge in [0.05, 0.1) is 24.2 Å². The van der Waals surface area contributed by atoms with Gasteiger partial charge in [-0.25, -0.2) is 9.48 Å². The van der Waals surface area contributed by atoms with Gasteiger partial charge < -0.3 is 9.64 Å². The standard InChI is InChI=1S/C16H20N4O4/c1-2-24-15(22)12-5-3-7-18(10-12)14(21)11-20-16(23)19-8-4-6-13(19)9-17-20/h4,6,8-9,12H,2-3,5,7,10-11H2,1H3. The van der Waals surface area contributed by atoms with Crippen LogP contribution < -0.4 is 5.69 Å². The highest BCUT2D eigenvalue weighted by atomic mass is 16.5. The van der Waals surface area contributed by atoms with Crippen molar-refractivity contribution in [1.29, 1.82) is 0 Å². The minimum absolute atomic E-state index is 0.136. The number of carbonyl (C=O) groups is 2. The van der Waals surface area contributed by atoms with E-state index in [9.17, 15) is 14.4 Å². The number of carbonyl (C=O) groups excluding carboxylic acids is 2. The molecule has 1 saturated heterocycles. The summed E-state index contributed by atoms with van der Waals surface area (Å²) < 4.78 is 7.62. The third-order valence-corrected chi connectivity index (χ3v) is 4.22. The smallest absolute Gasteiger partial charge is 0.349 e. The first-order valence-corrected chi connectivity index (χ1v) is 8.07. The molecule has 3 heterocycles. The van der Waals surface area contributed by atoms with Gasteiger partial charge in [0.2, 0.25) is 5.91 Å². The molecule has 1 aliphatic heterocycles. The first-order valence-electron chi connectivity index (χ1n) is 8.07. The number of aromatic nitrogens is 3. The Bertz CT molecular complexity index is 810. The molecule has 128 valence electrons. The molecular formula is C16H20N4O4. The molecule has 0 aliphatic carbocycles. The van der Waals surface area contributed by atoms with E-state index in [4.69, 9.17) is 4.74 Å².